The maximum absolute atomic E-state index is 3.94. The summed E-state index contributed by atoms with van der Waals surface area (Å²) in [5, 5.41) is 6.78. The van der Waals surface area contributed by atoms with Crippen LogP contribution in [0.2, 0.25) is 0 Å². The number of hydrogen-bond acceptors (Lipinski definition) is 3. The van der Waals surface area contributed by atoms with E-state index in [9.17, 15) is 0 Å². The average molecular weight is 180 g/mol. The molecule has 13 heavy (non-hydrogen) atoms. The summed E-state index contributed by atoms with van der Waals surface area (Å²) >= 11 is 0. The van der Waals surface area contributed by atoms with Gasteiger partial charge in [-0.3, -0.25) is 10.00 Å². The van der Waals surface area contributed by atoms with Crippen LogP contribution in [-0.4, -0.2) is 53.2 Å². The first-order valence-electron chi connectivity index (χ1n) is 4.73. The number of nitrogens with zero attached hydrogens (tertiary/aromatic N) is 3. The lowest BCUT2D eigenvalue weighted by atomic mass is 10.3. The Morgan fingerprint density at radius 3 is 2.77 bits per heavy atom. The summed E-state index contributed by atoms with van der Waals surface area (Å²) in [6, 6.07) is 0. The van der Waals surface area contributed by atoms with Crippen LogP contribution in [0, 0.1) is 0 Å². The van der Waals surface area contributed by atoms with Gasteiger partial charge in [0.25, 0.3) is 0 Å². The van der Waals surface area contributed by atoms with Crippen molar-refractivity contribution >= 4 is 0 Å². The van der Waals surface area contributed by atoms with Crippen LogP contribution in [0.25, 0.3) is 0 Å². The molecule has 0 aliphatic carbocycles. The molecule has 1 aromatic rings. The van der Waals surface area contributed by atoms with Crippen LogP contribution >= 0.6 is 0 Å². The van der Waals surface area contributed by atoms with E-state index in [1.165, 1.54) is 31.7 Å². The number of nitrogens with one attached hydrogen (secondary N) is 1. The molecule has 0 atom stereocenters. The van der Waals surface area contributed by atoms with E-state index in [0.29, 0.717) is 0 Å². The highest BCUT2D eigenvalue weighted by molar-refractivity contribution is 5.02. The Morgan fingerprint density at radius 1 is 1.38 bits per heavy atom. The van der Waals surface area contributed by atoms with E-state index in [1.807, 2.05) is 12.4 Å². The molecule has 0 saturated carbocycles. The van der Waals surface area contributed by atoms with E-state index >= 15 is 0 Å². The molecule has 1 aliphatic rings. The summed E-state index contributed by atoms with van der Waals surface area (Å²) in [7, 11) is 2.18. The highest BCUT2D eigenvalue weighted by Crippen LogP contribution is 2.05. The minimum absolute atomic E-state index is 1.03. The quantitative estimate of drug-likeness (QED) is 0.704. The highest BCUT2D eigenvalue weighted by Gasteiger charge is 2.13. The molecule has 1 aromatic heterocycles. The van der Waals surface area contributed by atoms with Crippen LogP contribution in [0.4, 0.5) is 0 Å². The largest absolute Gasteiger partial charge is 0.304 e. The minimum Gasteiger partial charge on any atom is -0.304 e. The lowest BCUT2D eigenvalue weighted by molar-refractivity contribution is 0.148. The fourth-order valence-electron chi connectivity index (χ4n) is 1.63. The van der Waals surface area contributed by atoms with Crippen LogP contribution in [0.5, 0.6) is 0 Å². The Balaban J connectivity index is 1.83. The SMILES string of the molecule is CN1CCN(Cc2cn[nH]c2)CC1. The molecule has 4 heteroatoms. The molecule has 1 aliphatic heterocycles. The van der Waals surface area contributed by atoms with Crippen molar-refractivity contribution in [1.29, 1.82) is 0 Å². The van der Waals surface area contributed by atoms with Gasteiger partial charge >= 0.3 is 0 Å². The van der Waals surface area contributed by atoms with Crippen molar-refractivity contribution in [1.82, 2.24) is 20.0 Å². The fraction of sp³-hybridized carbons (Fsp3) is 0.667. The number of aromatic amines is 1. The third-order valence-corrected chi connectivity index (χ3v) is 2.56. The third-order valence-electron chi connectivity index (χ3n) is 2.56. The Bertz CT molecular complexity index is 236. The second-order valence-corrected chi connectivity index (χ2v) is 3.69. The normalized spacial score (nSPS) is 20.7. The summed E-state index contributed by atoms with van der Waals surface area (Å²) < 4.78 is 0. The first-order chi connectivity index (χ1) is 6.34. The lowest BCUT2D eigenvalue weighted by Crippen LogP contribution is -2.43. The second-order valence-electron chi connectivity index (χ2n) is 3.69. The number of rotatable bonds is 2. The first kappa shape index (κ1) is 8.72. The van der Waals surface area contributed by atoms with Crippen molar-refractivity contribution in [3.8, 4) is 0 Å². The molecule has 0 spiro atoms. The van der Waals surface area contributed by atoms with Gasteiger partial charge in [0.2, 0.25) is 0 Å². The van der Waals surface area contributed by atoms with Crippen LogP contribution in [0.3, 0.4) is 0 Å². The van der Waals surface area contributed by atoms with Gasteiger partial charge in [0, 0.05) is 44.5 Å². The van der Waals surface area contributed by atoms with Crippen molar-refractivity contribution in [3.05, 3.63) is 18.0 Å². The molecular weight excluding hydrogens is 164 g/mol. The monoisotopic (exact) mass is 180 g/mol. The Kier molecular flexibility index (Phi) is 2.61. The van der Waals surface area contributed by atoms with Gasteiger partial charge in [-0.2, -0.15) is 5.10 Å². The average Bonchev–Trinajstić information content (AvgIpc) is 2.62. The molecule has 1 saturated heterocycles. The molecule has 2 heterocycles. The number of piperazine rings is 1. The maximum atomic E-state index is 3.94. The van der Waals surface area contributed by atoms with Gasteiger partial charge in [0.05, 0.1) is 6.20 Å². The van der Waals surface area contributed by atoms with Crippen molar-refractivity contribution in [3.63, 3.8) is 0 Å². The van der Waals surface area contributed by atoms with Gasteiger partial charge in [-0.15, -0.1) is 0 Å². The number of aromatic nitrogens is 2. The summed E-state index contributed by atoms with van der Waals surface area (Å²) in [6.07, 6.45) is 3.87. The van der Waals surface area contributed by atoms with Crippen molar-refractivity contribution in [2.75, 3.05) is 33.2 Å². The third kappa shape index (κ3) is 2.29. The lowest BCUT2D eigenvalue weighted by Gasteiger charge is -2.31. The Morgan fingerprint density at radius 2 is 2.15 bits per heavy atom. The molecule has 0 bridgehead atoms. The van der Waals surface area contributed by atoms with Gasteiger partial charge in [0.15, 0.2) is 0 Å². The van der Waals surface area contributed by atoms with Crippen LogP contribution in [-0.2, 0) is 6.54 Å². The number of likely N-dealkylation sites (N-methyl/N-ethyl adjacent to an activating group) is 1. The summed E-state index contributed by atoms with van der Waals surface area (Å²) in [4.78, 5) is 4.83. The van der Waals surface area contributed by atoms with Crippen LogP contribution in [0.15, 0.2) is 12.4 Å². The van der Waals surface area contributed by atoms with E-state index in [1.54, 1.807) is 0 Å². The summed E-state index contributed by atoms with van der Waals surface area (Å²) in [6.45, 7) is 5.73. The van der Waals surface area contributed by atoms with Gasteiger partial charge in [0.1, 0.15) is 0 Å². The minimum atomic E-state index is 1.03. The molecule has 4 nitrogen and oxygen atoms in total. The zero-order valence-electron chi connectivity index (χ0n) is 8.03. The fourth-order valence-corrected chi connectivity index (χ4v) is 1.63. The van der Waals surface area contributed by atoms with Crippen LogP contribution in [0.1, 0.15) is 5.56 Å². The molecular formula is C9H16N4. The standard InChI is InChI=1S/C9H16N4/c1-12-2-4-13(5-3-12)8-9-6-10-11-7-9/h6-7H,2-5,8H2,1H3,(H,10,11). The van der Waals surface area contributed by atoms with Crippen molar-refractivity contribution < 1.29 is 0 Å². The first-order valence-corrected chi connectivity index (χ1v) is 4.73. The summed E-state index contributed by atoms with van der Waals surface area (Å²) in [5.74, 6) is 0. The van der Waals surface area contributed by atoms with E-state index in [4.69, 9.17) is 0 Å². The van der Waals surface area contributed by atoms with Crippen molar-refractivity contribution in [2.45, 2.75) is 6.54 Å². The van der Waals surface area contributed by atoms with Crippen LogP contribution < -0.4 is 0 Å². The van der Waals surface area contributed by atoms with E-state index < -0.39 is 0 Å². The van der Waals surface area contributed by atoms with Gasteiger partial charge < -0.3 is 4.90 Å². The molecule has 1 fully saturated rings. The maximum Gasteiger partial charge on any atom is 0.0532 e. The predicted molar refractivity (Wildman–Crippen MR) is 51.4 cm³/mol. The molecule has 2 rings (SSSR count). The highest BCUT2D eigenvalue weighted by atomic mass is 15.2. The van der Waals surface area contributed by atoms with Gasteiger partial charge in [-0.05, 0) is 7.05 Å². The van der Waals surface area contributed by atoms with Crippen molar-refractivity contribution in [2.24, 2.45) is 0 Å². The van der Waals surface area contributed by atoms with Gasteiger partial charge in [-0.25, -0.2) is 0 Å². The summed E-state index contributed by atoms with van der Waals surface area (Å²) in [5.41, 5.74) is 1.28. The molecule has 0 unspecified atom stereocenters. The Labute approximate surface area is 78.5 Å². The Hall–Kier alpha value is -0.870. The van der Waals surface area contributed by atoms with E-state index in [2.05, 4.69) is 27.0 Å². The molecule has 0 aromatic carbocycles. The number of hydrogen-bond donors (Lipinski definition) is 1. The molecule has 0 radical (unpaired) electrons. The zero-order chi connectivity index (χ0) is 9.10. The smallest absolute Gasteiger partial charge is 0.0532 e. The molecule has 72 valence electrons. The topological polar surface area (TPSA) is 35.2 Å². The van der Waals surface area contributed by atoms with E-state index in [-0.39, 0.29) is 0 Å². The van der Waals surface area contributed by atoms with Gasteiger partial charge in [-0.1, -0.05) is 0 Å². The van der Waals surface area contributed by atoms with E-state index in [0.717, 1.165) is 6.54 Å². The number of H-pyrrole nitrogens is 1. The predicted octanol–water partition coefficient (Wildman–Crippen LogP) is 0.157. The molecule has 0 amide bonds. The zero-order valence-corrected chi connectivity index (χ0v) is 8.03. The molecule has 1 N–H and O–H groups in total. The second kappa shape index (κ2) is 3.89.